The van der Waals surface area contributed by atoms with Gasteiger partial charge in [-0.05, 0) is 6.26 Å². The first kappa shape index (κ1) is 7.68. The van der Waals surface area contributed by atoms with Crippen molar-refractivity contribution in [1.29, 1.82) is 0 Å². The Balaban J connectivity index is 2.25. The number of hydrazine groups is 1. The van der Waals surface area contributed by atoms with Crippen molar-refractivity contribution in [2.45, 2.75) is 6.10 Å². The molecule has 0 aromatic heterocycles. The first-order valence-corrected chi connectivity index (χ1v) is 4.40. The van der Waals surface area contributed by atoms with Crippen LogP contribution < -0.4 is 10.9 Å². The number of carbonyl (C=O) groups excluding carboxylic acids is 1. The minimum atomic E-state index is -0.384. The number of rotatable bonds is 2. The number of hydrogen-bond acceptors (Lipinski definition) is 4. The van der Waals surface area contributed by atoms with Crippen molar-refractivity contribution in [3.05, 3.63) is 0 Å². The Kier molecular flexibility index (Phi) is 2.82. The van der Waals surface area contributed by atoms with Gasteiger partial charge < -0.3 is 4.74 Å². The molecule has 0 spiro atoms. The highest BCUT2D eigenvalue weighted by molar-refractivity contribution is 7.98. The monoisotopic (exact) mass is 162 g/mol. The highest BCUT2D eigenvalue weighted by Gasteiger charge is 2.17. The third-order valence-electron chi connectivity index (χ3n) is 1.15. The summed E-state index contributed by atoms with van der Waals surface area (Å²) >= 11 is 1.67. The van der Waals surface area contributed by atoms with Crippen LogP contribution in [0.15, 0.2) is 0 Å². The second-order valence-corrected chi connectivity index (χ2v) is 2.90. The summed E-state index contributed by atoms with van der Waals surface area (Å²) in [6, 6.07) is 0. The fourth-order valence-electron chi connectivity index (χ4n) is 0.738. The molecule has 1 atom stereocenters. The summed E-state index contributed by atoms with van der Waals surface area (Å²) in [4.78, 5) is 10.5. The summed E-state index contributed by atoms with van der Waals surface area (Å²) in [5.74, 6) is 0.848. The van der Waals surface area contributed by atoms with E-state index in [-0.39, 0.29) is 12.2 Å². The smallest absolute Gasteiger partial charge is 0.421 e. The number of cyclic esters (lactones) is 1. The SMILES string of the molecule is CSCC1CNNC(=O)O1. The average Bonchev–Trinajstić information content (AvgIpc) is 1.88. The van der Waals surface area contributed by atoms with Crippen LogP contribution in [0.4, 0.5) is 4.79 Å². The van der Waals surface area contributed by atoms with Crippen LogP contribution in [0.25, 0.3) is 0 Å². The Morgan fingerprint density at radius 2 is 2.70 bits per heavy atom. The zero-order valence-electron chi connectivity index (χ0n) is 5.72. The number of thioether (sulfide) groups is 1. The average molecular weight is 162 g/mol. The van der Waals surface area contributed by atoms with E-state index in [4.69, 9.17) is 4.74 Å². The molecule has 0 bridgehead atoms. The summed E-state index contributed by atoms with van der Waals surface area (Å²) in [6.07, 6.45) is 1.62. The summed E-state index contributed by atoms with van der Waals surface area (Å²) in [6.45, 7) is 0.687. The molecule has 1 saturated heterocycles. The van der Waals surface area contributed by atoms with E-state index >= 15 is 0 Å². The van der Waals surface area contributed by atoms with Gasteiger partial charge in [-0.3, -0.25) is 5.43 Å². The van der Waals surface area contributed by atoms with Crippen LogP contribution >= 0.6 is 11.8 Å². The minimum absolute atomic E-state index is 0.0174. The van der Waals surface area contributed by atoms with Gasteiger partial charge in [0.2, 0.25) is 0 Å². The fourth-order valence-corrected chi connectivity index (χ4v) is 1.30. The van der Waals surface area contributed by atoms with E-state index in [1.165, 1.54) is 0 Å². The lowest BCUT2D eigenvalue weighted by Crippen LogP contribution is -2.51. The van der Waals surface area contributed by atoms with Crippen molar-refractivity contribution in [3.63, 3.8) is 0 Å². The van der Waals surface area contributed by atoms with Crippen LogP contribution in [-0.4, -0.2) is 30.8 Å². The van der Waals surface area contributed by atoms with Gasteiger partial charge >= 0.3 is 6.09 Å². The van der Waals surface area contributed by atoms with Gasteiger partial charge in [-0.25, -0.2) is 10.2 Å². The van der Waals surface area contributed by atoms with E-state index in [0.29, 0.717) is 6.54 Å². The first-order chi connectivity index (χ1) is 4.83. The maximum atomic E-state index is 10.5. The molecule has 1 aliphatic rings. The summed E-state index contributed by atoms with van der Waals surface area (Å²) in [5, 5.41) is 0. The molecule has 1 heterocycles. The molecule has 0 radical (unpaired) electrons. The van der Waals surface area contributed by atoms with Gasteiger partial charge in [-0.15, -0.1) is 0 Å². The molecule has 0 saturated carbocycles. The molecule has 0 aliphatic carbocycles. The molecular formula is C5H10N2O2S. The molecule has 1 rings (SSSR count). The topological polar surface area (TPSA) is 50.4 Å². The van der Waals surface area contributed by atoms with Gasteiger partial charge in [0, 0.05) is 5.75 Å². The Bertz CT molecular complexity index is 129. The zero-order valence-corrected chi connectivity index (χ0v) is 6.53. The van der Waals surface area contributed by atoms with Gasteiger partial charge in [0.25, 0.3) is 0 Å². The van der Waals surface area contributed by atoms with E-state index < -0.39 is 0 Å². The number of nitrogens with one attached hydrogen (secondary N) is 2. The highest BCUT2D eigenvalue weighted by Crippen LogP contribution is 2.02. The summed E-state index contributed by atoms with van der Waals surface area (Å²) in [7, 11) is 0. The fraction of sp³-hybridized carbons (Fsp3) is 0.800. The normalized spacial score (nSPS) is 25.3. The molecule has 1 amide bonds. The molecule has 1 aliphatic heterocycles. The molecule has 10 heavy (non-hydrogen) atoms. The Morgan fingerprint density at radius 1 is 1.90 bits per heavy atom. The van der Waals surface area contributed by atoms with Crippen molar-refractivity contribution in [2.24, 2.45) is 0 Å². The predicted octanol–water partition coefficient (Wildman–Crippen LogP) is -0.0376. The van der Waals surface area contributed by atoms with Crippen LogP contribution in [0, 0.1) is 0 Å². The van der Waals surface area contributed by atoms with Crippen molar-refractivity contribution in [2.75, 3.05) is 18.6 Å². The van der Waals surface area contributed by atoms with Crippen molar-refractivity contribution in [3.8, 4) is 0 Å². The van der Waals surface area contributed by atoms with Crippen LogP contribution in [0.3, 0.4) is 0 Å². The lowest BCUT2D eigenvalue weighted by atomic mass is 10.4. The molecule has 1 fully saturated rings. The number of hydrogen-bond donors (Lipinski definition) is 2. The molecule has 1 unspecified atom stereocenters. The van der Waals surface area contributed by atoms with Crippen LogP contribution in [0.1, 0.15) is 0 Å². The quantitative estimate of drug-likeness (QED) is 0.598. The van der Waals surface area contributed by atoms with E-state index in [9.17, 15) is 4.79 Å². The van der Waals surface area contributed by atoms with Crippen molar-refractivity contribution >= 4 is 17.9 Å². The molecule has 4 nitrogen and oxygen atoms in total. The predicted molar refractivity (Wildman–Crippen MR) is 39.8 cm³/mol. The van der Waals surface area contributed by atoms with Crippen molar-refractivity contribution < 1.29 is 9.53 Å². The first-order valence-electron chi connectivity index (χ1n) is 3.01. The maximum Gasteiger partial charge on any atom is 0.421 e. The van der Waals surface area contributed by atoms with E-state index in [0.717, 1.165) is 5.75 Å². The highest BCUT2D eigenvalue weighted by atomic mass is 32.2. The molecule has 0 aromatic carbocycles. The Morgan fingerprint density at radius 3 is 3.30 bits per heavy atom. The van der Waals surface area contributed by atoms with Gasteiger partial charge in [0.15, 0.2) is 0 Å². The van der Waals surface area contributed by atoms with Gasteiger partial charge in [0.1, 0.15) is 6.10 Å². The lowest BCUT2D eigenvalue weighted by molar-refractivity contribution is 0.0799. The second-order valence-electron chi connectivity index (χ2n) is 1.99. The molecule has 0 aromatic rings. The summed E-state index contributed by atoms with van der Waals surface area (Å²) < 4.78 is 4.89. The van der Waals surface area contributed by atoms with Gasteiger partial charge in [0.05, 0.1) is 6.54 Å². The third-order valence-corrected chi connectivity index (χ3v) is 1.85. The minimum Gasteiger partial charge on any atom is -0.443 e. The molecule has 2 N–H and O–H groups in total. The van der Waals surface area contributed by atoms with E-state index in [1.807, 2.05) is 6.26 Å². The maximum absolute atomic E-state index is 10.5. The van der Waals surface area contributed by atoms with Gasteiger partial charge in [-0.2, -0.15) is 11.8 Å². The van der Waals surface area contributed by atoms with Crippen LogP contribution in [0.2, 0.25) is 0 Å². The molecular weight excluding hydrogens is 152 g/mol. The number of amides is 1. The second kappa shape index (κ2) is 3.68. The standard InChI is InChI=1S/C5H10N2O2S/c1-10-3-4-2-6-7-5(8)9-4/h4,6H,2-3H2,1H3,(H,7,8). The van der Waals surface area contributed by atoms with Crippen LogP contribution in [-0.2, 0) is 4.74 Å². The number of ether oxygens (including phenoxy) is 1. The van der Waals surface area contributed by atoms with E-state index in [1.54, 1.807) is 11.8 Å². The summed E-state index contributed by atoms with van der Waals surface area (Å²) in [5.41, 5.74) is 5.08. The molecule has 5 heteroatoms. The Labute approximate surface area is 63.7 Å². The third kappa shape index (κ3) is 2.07. The Hall–Kier alpha value is -0.420. The van der Waals surface area contributed by atoms with Crippen LogP contribution in [0.5, 0.6) is 0 Å². The lowest BCUT2D eigenvalue weighted by Gasteiger charge is -2.22. The van der Waals surface area contributed by atoms with Gasteiger partial charge in [-0.1, -0.05) is 0 Å². The number of carbonyl (C=O) groups is 1. The largest absolute Gasteiger partial charge is 0.443 e. The zero-order chi connectivity index (χ0) is 7.40. The molecule has 58 valence electrons. The van der Waals surface area contributed by atoms with E-state index in [2.05, 4.69) is 10.9 Å². The van der Waals surface area contributed by atoms with Crippen molar-refractivity contribution in [1.82, 2.24) is 10.9 Å².